The third kappa shape index (κ3) is 4.84. The number of nitrogens with one attached hydrogen (secondary N) is 2. The third-order valence-corrected chi connectivity index (χ3v) is 2.73. The topological polar surface area (TPSA) is 41.1 Å². The van der Waals surface area contributed by atoms with Crippen molar-refractivity contribution in [3.8, 4) is 0 Å². The van der Waals surface area contributed by atoms with Crippen LogP contribution in [0.4, 0.5) is 0 Å². The monoisotopic (exact) mass is 260 g/mol. The Balaban J connectivity index is 2.27. The summed E-state index contributed by atoms with van der Waals surface area (Å²) in [5, 5.41) is 7.01. The van der Waals surface area contributed by atoms with Gasteiger partial charge >= 0.3 is 0 Å². The number of carbonyl (C=O) groups is 1. The Labute approximate surface area is 105 Å². The predicted molar refractivity (Wildman–Crippen MR) is 66.9 cm³/mol. The summed E-state index contributed by atoms with van der Waals surface area (Å²) >= 11 is 11.7. The molecule has 0 radical (unpaired) electrons. The van der Waals surface area contributed by atoms with Gasteiger partial charge in [-0.3, -0.25) is 4.79 Å². The molecule has 0 spiro atoms. The maximum Gasteiger partial charge on any atom is 0.216 e. The lowest BCUT2D eigenvalue weighted by Crippen LogP contribution is -2.29. The van der Waals surface area contributed by atoms with E-state index in [0.717, 1.165) is 12.1 Å². The van der Waals surface area contributed by atoms with E-state index in [-0.39, 0.29) is 5.91 Å². The SMILES string of the molecule is CC(=O)NCCNCc1ccc(Cl)c(Cl)c1. The Kier molecular flexibility index (Phi) is 5.60. The highest BCUT2D eigenvalue weighted by Crippen LogP contribution is 2.22. The molecule has 0 fully saturated rings. The molecule has 0 aliphatic heterocycles. The van der Waals surface area contributed by atoms with Crippen molar-refractivity contribution in [2.45, 2.75) is 13.5 Å². The summed E-state index contributed by atoms with van der Waals surface area (Å²) in [6, 6.07) is 5.52. The minimum atomic E-state index is -0.0173. The van der Waals surface area contributed by atoms with E-state index in [1.165, 1.54) is 6.92 Å². The number of halogens is 2. The zero-order valence-corrected chi connectivity index (χ0v) is 10.5. The molecule has 0 aromatic heterocycles. The molecule has 1 rings (SSSR count). The summed E-state index contributed by atoms with van der Waals surface area (Å²) in [6.45, 7) is 3.55. The molecule has 0 atom stereocenters. The van der Waals surface area contributed by atoms with E-state index in [4.69, 9.17) is 23.2 Å². The van der Waals surface area contributed by atoms with E-state index in [1.807, 2.05) is 12.1 Å². The van der Waals surface area contributed by atoms with Gasteiger partial charge in [0.25, 0.3) is 0 Å². The Morgan fingerprint density at radius 2 is 2.00 bits per heavy atom. The quantitative estimate of drug-likeness (QED) is 0.798. The number of rotatable bonds is 5. The maximum atomic E-state index is 10.6. The number of carbonyl (C=O) groups excluding carboxylic acids is 1. The van der Waals surface area contributed by atoms with Crippen LogP contribution in [0.15, 0.2) is 18.2 Å². The molecular formula is C11H14Cl2N2O. The highest BCUT2D eigenvalue weighted by Gasteiger charge is 1.99. The summed E-state index contributed by atoms with van der Waals surface area (Å²) in [5.74, 6) is -0.0173. The zero-order chi connectivity index (χ0) is 12.0. The smallest absolute Gasteiger partial charge is 0.216 e. The highest BCUT2D eigenvalue weighted by atomic mass is 35.5. The van der Waals surface area contributed by atoms with Crippen LogP contribution in [0, 0.1) is 0 Å². The molecule has 0 unspecified atom stereocenters. The summed E-state index contributed by atoms with van der Waals surface area (Å²) < 4.78 is 0. The Bertz CT molecular complexity index is 369. The lowest BCUT2D eigenvalue weighted by atomic mass is 10.2. The number of amides is 1. The molecule has 0 saturated heterocycles. The standard InChI is InChI=1S/C11H14Cl2N2O/c1-8(16)15-5-4-14-7-9-2-3-10(12)11(13)6-9/h2-3,6,14H,4-5,7H2,1H3,(H,15,16). The van der Waals surface area contributed by atoms with Crippen LogP contribution in [-0.2, 0) is 11.3 Å². The van der Waals surface area contributed by atoms with Crippen LogP contribution in [0.3, 0.4) is 0 Å². The van der Waals surface area contributed by atoms with Crippen LogP contribution in [0.5, 0.6) is 0 Å². The van der Waals surface area contributed by atoms with Gasteiger partial charge in [-0.05, 0) is 17.7 Å². The Morgan fingerprint density at radius 3 is 2.62 bits per heavy atom. The Hall–Kier alpha value is -0.770. The van der Waals surface area contributed by atoms with Crippen LogP contribution < -0.4 is 10.6 Å². The van der Waals surface area contributed by atoms with E-state index >= 15 is 0 Å². The molecule has 88 valence electrons. The average molecular weight is 261 g/mol. The number of hydrogen-bond donors (Lipinski definition) is 2. The van der Waals surface area contributed by atoms with Gasteiger partial charge in [-0.25, -0.2) is 0 Å². The van der Waals surface area contributed by atoms with E-state index in [1.54, 1.807) is 6.07 Å². The number of benzene rings is 1. The lowest BCUT2D eigenvalue weighted by Gasteiger charge is -2.06. The van der Waals surface area contributed by atoms with Gasteiger partial charge in [0.15, 0.2) is 0 Å². The first-order valence-electron chi connectivity index (χ1n) is 4.98. The molecule has 0 aliphatic carbocycles. The largest absolute Gasteiger partial charge is 0.355 e. The van der Waals surface area contributed by atoms with E-state index in [9.17, 15) is 4.79 Å². The van der Waals surface area contributed by atoms with Gasteiger partial charge in [0.2, 0.25) is 5.91 Å². The summed E-state index contributed by atoms with van der Waals surface area (Å²) in [6.07, 6.45) is 0. The molecule has 1 aromatic carbocycles. The van der Waals surface area contributed by atoms with Gasteiger partial charge in [0.1, 0.15) is 0 Å². The molecule has 1 amide bonds. The molecule has 0 heterocycles. The van der Waals surface area contributed by atoms with Crippen LogP contribution >= 0.6 is 23.2 Å². The maximum absolute atomic E-state index is 10.6. The zero-order valence-electron chi connectivity index (χ0n) is 9.02. The van der Waals surface area contributed by atoms with Crippen LogP contribution in [0.1, 0.15) is 12.5 Å². The van der Waals surface area contributed by atoms with Gasteiger partial charge in [-0.1, -0.05) is 29.3 Å². The van der Waals surface area contributed by atoms with Gasteiger partial charge in [0.05, 0.1) is 10.0 Å². The van der Waals surface area contributed by atoms with Crippen molar-refractivity contribution >= 4 is 29.1 Å². The fraction of sp³-hybridized carbons (Fsp3) is 0.364. The van der Waals surface area contributed by atoms with Crippen LogP contribution in [0.25, 0.3) is 0 Å². The predicted octanol–water partition coefficient (Wildman–Crippen LogP) is 2.22. The molecular weight excluding hydrogens is 247 g/mol. The van der Waals surface area contributed by atoms with Crippen LogP contribution in [-0.4, -0.2) is 19.0 Å². The molecule has 2 N–H and O–H groups in total. The van der Waals surface area contributed by atoms with E-state index < -0.39 is 0 Å². The second kappa shape index (κ2) is 6.74. The van der Waals surface area contributed by atoms with Crippen LogP contribution in [0.2, 0.25) is 10.0 Å². The molecule has 1 aromatic rings. The van der Waals surface area contributed by atoms with Crippen molar-refractivity contribution in [3.63, 3.8) is 0 Å². The van der Waals surface area contributed by atoms with Gasteiger partial charge in [-0.15, -0.1) is 0 Å². The molecule has 5 heteroatoms. The fourth-order valence-corrected chi connectivity index (χ4v) is 1.53. The molecule has 0 aliphatic rings. The van der Waals surface area contributed by atoms with Gasteiger partial charge in [0, 0.05) is 26.6 Å². The van der Waals surface area contributed by atoms with Gasteiger partial charge in [-0.2, -0.15) is 0 Å². The minimum absolute atomic E-state index is 0.0173. The first-order chi connectivity index (χ1) is 7.59. The molecule has 16 heavy (non-hydrogen) atoms. The summed E-state index contributed by atoms with van der Waals surface area (Å²) in [7, 11) is 0. The number of hydrogen-bond acceptors (Lipinski definition) is 2. The second-order valence-corrected chi connectivity index (χ2v) is 4.22. The third-order valence-electron chi connectivity index (χ3n) is 1.99. The van der Waals surface area contributed by atoms with E-state index in [0.29, 0.717) is 23.1 Å². The van der Waals surface area contributed by atoms with Crippen molar-refractivity contribution in [3.05, 3.63) is 33.8 Å². The minimum Gasteiger partial charge on any atom is -0.355 e. The first kappa shape index (κ1) is 13.3. The van der Waals surface area contributed by atoms with Crippen molar-refractivity contribution in [1.29, 1.82) is 0 Å². The fourth-order valence-electron chi connectivity index (χ4n) is 1.21. The first-order valence-corrected chi connectivity index (χ1v) is 5.74. The van der Waals surface area contributed by atoms with Crippen molar-refractivity contribution in [2.75, 3.05) is 13.1 Å². The lowest BCUT2D eigenvalue weighted by molar-refractivity contribution is -0.118. The summed E-state index contributed by atoms with van der Waals surface area (Å²) in [4.78, 5) is 10.6. The summed E-state index contributed by atoms with van der Waals surface area (Å²) in [5.41, 5.74) is 1.07. The molecule has 0 bridgehead atoms. The van der Waals surface area contributed by atoms with E-state index in [2.05, 4.69) is 10.6 Å². The normalized spacial score (nSPS) is 10.2. The molecule has 0 saturated carbocycles. The van der Waals surface area contributed by atoms with Gasteiger partial charge < -0.3 is 10.6 Å². The second-order valence-electron chi connectivity index (χ2n) is 3.41. The molecule has 3 nitrogen and oxygen atoms in total. The van der Waals surface area contributed by atoms with Crippen molar-refractivity contribution in [1.82, 2.24) is 10.6 Å². The highest BCUT2D eigenvalue weighted by molar-refractivity contribution is 6.42. The average Bonchev–Trinajstić information content (AvgIpc) is 2.22. The van der Waals surface area contributed by atoms with Crippen molar-refractivity contribution < 1.29 is 4.79 Å². The Morgan fingerprint density at radius 1 is 1.25 bits per heavy atom. The van der Waals surface area contributed by atoms with Crippen molar-refractivity contribution in [2.24, 2.45) is 0 Å².